The molecule has 0 aliphatic carbocycles. The quantitative estimate of drug-likeness (QED) is 0.866. The van der Waals surface area contributed by atoms with Gasteiger partial charge in [0.25, 0.3) is 11.8 Å². The summed E-state index contributed by atoms with van der Waals surface area (Å²) < 4.78 is 0. The van der Waals surface area contributed by atoms with Gasteiger partial charge in [0.05, 0.1) is 6.20 Å². The lowest BCUT2D eigenvalue weighted by Crippen LogP contribution is -2.50. The molecule has 1 aliphatic heterocycles. The Morgan fingerprint density at radius 2 is 1.76 bits per heavy atom. The predicted octanol–water partition coefficient (Wildman–Crippen LogP) is 0.403. The monoisotopic (exact) mass is 285 g/mol. The summed E-state index contributed by atoms with van der Waals surface area (Å²) in [4.78, 5) is 38.6. The minimum absolute atomic E-state index is 0.0356. The fourth-order valence-corrected chi connectivity index (χ4v) is 2.32. The first-order valence-electron chi connectivity index (χ1n) is 6.73. The lowest BCUT2D eigenvalue weighted by Gasteiger charge is -2.34. The molecule has 3 heterocycles. The first-order chi connectivity index (χ1) is 10.3. The number of nitrogens with zero attached hydrogens (tertiary/aromatic N) is 4. The van der Waals surface area contributed by atoms with Crippen LogP contribution in [0, 0.1) is 0 Å². The van der Waals surface area contributed by atoms with Crippen LogP contribution in [-0.4, -0.2) is 62.7 Å². The number of nitrogens with one attached hydrogen (secondary N) is 1. The van der Waals surface area contributed by atoms with E-state index in [1.807, 2.05) is 0 Å². The molecule has 1 fully saturated rings. The zero-order valence-corrected chi connectivity index (χ0v) is 11.4. The topological polar surface area (TPSA) is 82.2 Å². The molecule has 108 valence electrons. The average molecular weight is 285 g/mol. The molecule has 1 aliphatic rings. The Kier molecular flexibility index (Phi) is 3.63. The number of H-pyrrole nitrogens is 1. The van der Waals surface area contributed by atoms with Crippen molar-refractivity contribution >= 4 is 11.8 Å². The summed E-state index contributed by atoms with van der Waals surface area (Å²) in [5.41, 5.74) is 0.908. The highest BCUT2D eigenvalue weighted by Crippen LogP contribution is 2.09. The average Bonchev–Trinajstić information content (AvgIpc) is 3.09. The van der Waals surface area contributed by atoms with Crippen LogP contribution in [0.4, 0.5) is 0 Å². The van der Waals surface area contributed by atoms with Crippen molar-refractivity contribution in [2.75, 3.05) is 26.2 Å². The maximum atomic E-state index is 12.2. The Morgan fingerprint density at radius 1 is 1.05 bits per heavy atom. The summed E-state index contributed by atoms with van der Waals surface area (Å²) in [6.07, 6.45) is 6.21. The summed E-state index contributed by atoms with van der Waals surface area (Å²) >= 11 is 0. The van der Waals surface area contributed by atoms with Gasteiger partial charge >= 0.3 is 0 Å². The smallest absolute Gasteiger partial charge is 0.274 e. The van der Waals surface area contributed by atoms with Crippen LogP contribution in [0.25, 0.3) is 0 Å². The van der Waals surface area contributed by atoms with E-state index in [0.29, 0.717) is 37.6 Å². The minimum atomic E-state index is -0.143. The van der Waals surface area contributed by atoms with Gasteiger partial charge < -0.3 is 14.8 Å². The molecule has 1 N–H and O–H groups in total. The van der Waals surface area contributed by atoms with Gasteiger partial charge in [-0.1, -0.05) is 0 Å². The zero-order valence-electron chi connectivity index (χ0n) is 11.4. The summed E-state index contributed by atoms with van der Waals surface area (Å²) in [5.74, 6) is -0.179. The Hall–Kier alpha value is -2.70. The number of piperazine rings is 1. The van der Waals surface area contributed by atoms with Crippen molar-refractivity contribution in [3.8, 4) is 0 Å². The van der Waals surface area contributed by atoms with Gasteiger partial charge in [-0.2, -0.15) is 0 Å². The van der Waals surface area contributed by atoms with Gasteiger partial charge in [-0.15, -0.1) is 0 Å². The number of rotatable bonds is 2. The second-order valence-corrected chi connectivity index (χ2v) is 4.76. The van der Waals surface area contributed by atoms with E-state index in [-0.39, 0.29) is 11.8 Å². The molecule has 3 rings (SSSR count). The number of hydrogen-bond donors (Lipinski definition) is 1. The Morgan fingerprint density at radius 3 is 2.33 bits per heavy atom. The molecule has 7 nitrogen and oxygen atoms in total. The second-order valence-electron chi connectivity index (χ2n) is 4.76. The van der Waals surface area contributed by atoms with Crippen molar-refractivity contribution < 1.29 is 9.59 Å². The SMILES string of the molecule is O=C(c1cnccn1)N1CCN(C(=O)c2ccc[nH]2)CC1. The molecule has 1 saturated heterocycles. The van der Waals surface area contributed by atoms with Gasteiger partial charge in [-0.3, -0.25) is 14.6 Å². The van der Waals surface area contributed by atoms with Crippen LogP contribution in [0.5, 0.6) is 0 Å². The van der Waals surface area contributed by atoms with E-state index in [2.05, 4.69) is 15.0 Å². The van der Waals surface area contributed by atoms with E-state index in [4.69, 9.17) is 0 Å². The lowest BCUT2D eigenvalue weighted by atomic mass is 10.2. The zero-order chi connectivity index (χ0) is 14.7. The Labute approximate surface area is 121 Å². The first kappa shape index (κ1) is 13.3. The molecule has 0 spiro atoms. The van der Waals surface area contributed by atoms with Gasteiger partial charge in [-0.05, 0) is 12.1 Å². The Bertz CT molecular complexity index is 618. The van der Waals surface area contributed by atoms with Crippen molar-refractivity contribution in [2.45, 2.75) is 0 Å². The summed E-state index contributed by atoms with van der Waals surface area (Å²) in [6.45, 7) is 2.04. The van der Waals surface area contributed by atoms with Crippen molar-refractivity contribution in [3.05, 3.63) is 48.3 Å². The van der Waals surface area contributed by atoms with Crippen molar-refractivity contribution in [2.24, 2.45) is 0 Å². The third kappa shape index (κ3) is 2.76. The van der Waals surface area contributed by atoms with Crippen LogP contribution in [0.2, 0.25) is 0 Å². The van der Waals surface area contributed by atoms with E-state index in [0.717, 1.165) is 0 Å². The first-order valence-corrected chi connectivity index (χ1v) is 6.73. The van der Waals surface area contributed by atoms with Crippen LogP contribution >= 0.6 is 0 Å². The molecule has 2 aromatic rings. The molecule has 0 saturated carbocycles. The van der Waals surface area contributed by atoms with Crippen molar-refractivity contribution in [1.82, 2.24) is 24.8 Å². The molecule has 7 heteroatoms. The van der Waals surface area contributed by atoms with Crippen LogP contribution in [0.15, 0.2) is 36.9 Å². The summed E-state index contributed by atoms with van der Waals surface area (Å²) in [6, 6.07) is 3.54. The normalized spacial score (nSPS) is 15.0. The molecule has 0 bridgehead atoms. The van der Waals surface area contributed by atoms with Gasteiger partial charge in [0.1, 0.15) is 11.4 Å². The number of amides is 2. The third-order valence-electron chi connectivity index (χ3n) is 3.46. The molecule has 2 amide bonds. The van der Waals surface area contributed by atoms with E-state index in [9.17, 15) is 9.59 Å². The molecular weight excluding hydrogens is 270 g/mol. The number of carbonyl (C=O) groups excluding carboxylic acids is 2. The molecule has 0 atom stereocenters. The van der Waals surface area contributed by atoms with Crippen LogP contribution in [-0.2, 0) is 0 Å². The largest absolute Gasteiger partial charge is 0.357 e. The van der Waals surface area contributed by atoms with Crippen LogP contribution in [0.3, 0.4) is 0 Å². The van der Waals surface area contributed by atoms with Crippen molar-refractivity contribution in [3.63, 3.8) is 0 Å². The highest BCUT2D eigenvalue weighted by Gasteiger charge is 2.26. The molecule has 0 radical (unpaired) electrons. The van der Waals surface area contributed by atoms with E-state index in [1.165, 1.54) is 18.6 Å². The minimum Gasteiger partial charge on any atom is -0.357 e. The predicted molar refractivity (Wildman–Crippen MR) is 74.6 cm³/mol. The number of aromatic amines is 1. The highest BCUT2D eigenvalue weighted by molar-refractivity contribution is 5.94. The van der Waals surface area contributed by atoms with E-state index < -0.39 is 0 Å². The van der Waals surface area contributed by atoms with E-state index >= 15 is 0 Å². The van der Waals surface area contributed by atoms with Gasteiger partial charge in [0, 0.05) is 44.8 Å². The molecule has 2 aromatic heterocycles. The van der Waals surface area contributed by atoms with Gasteiger partial charge in [0.15, 0.2) is 0 Å². The highest BCUT2D eigenvalue weighted by atomic mass is 16.2. The summed E-state index contributed by atoms with van der Waals surface area (Å²) in [7, 11) is 0. The standard InChI is InChI=1S/C14H15N5O2/c20-13(11-2-1-3-16-11)18-6-8-19(9-7-18)14(21)12-10-15-4-5-17-12/h1-5,10,16H,6-9H2. The molecular formula is C14H15N5O2. The maximum Gasteiger partial charge on any atom is 0.274 e. The molecule has 0 unspecified atom stereocenters. The maximum absolute atomic E-state index is 12.2. The number of aromatic nitrogens is 3. The molecule has 21 heavy (non-hydrogen) atoms. The van der Waals surface area contributed by atoms with E-state index in [1.54, 1.807) is 28.1 Å². The van der Waals surface area contributed by atoms with Crippen LogP contribution < -0.4 is 0 Å². The fourth-order valence-electron chi connectivity index (χ4n) is 2.32. The summed E-state index contributed by atoms with van der Waals surface area (Å²) in [5, 5.41) is 0. The van der Waals surface area contributed by atoms with Crippen LogP contribution in [0.1, 0.15) is 21.0 Å². The van der Waals surface area contributed by atoms with Gasteiger partial charge in [-0.25, -0.2) is 4.98 Å². The second kappa shape index (κ2) is 5.74. The van der Waals surface area contributed by atoms with Crippen molar-refractivity contribution in [1.29, 1.82) is 0 Å². The molecule has 0 aromatic carbocycles. The number of hydrogen-bond acceptors (Lipinski definition) is 4. The number of carbonyl (C=O) groups is 2. The third-order valence-corrected chi connectivity index (χ3v) is 3.46. The Balaban J connectivity index is 1.60. The lowest BCUT2D eigenvalue weighted by molar-refractivity contribution is 0.0529. The van der Waals surface area contributed by atoms with Gasteiger partial charge in [0.2, 0.25) is 0 Å². The fraction of sp³-hybridized carbons (Fsp3) is 0.286.